The van der Waals surface area contributed by atoms with Crippen molar-refractivity contribution in [2.75, 3.05) is 19.3 Å². The van der Waals surface area contributed by atoms with Crippen LogP contribution in [0.2, 0.25) is 0 Å². The summed E-state index contributed by atoms with van der Waals surface area (Å²) in [6.07, 6.45) is 2.35. The molecule has 0 saturated carbocycles. The lowest BCUT2D eigenvalue weighted by atomic mass is 9.95. The van der Waals surface area contributed by atoms with Gasteiger partial charge in [-0.25, -0.2) is 0 Å². The number of benzene rings is 2. The van der Waals surface area contributed by atoms with Crippen LogP contribution in [0.25, 0.3) is 26.9 Å². The van der Waals surface area contributed by atoms with Crippen LogP contribution in [-0.2, 0) is 6.54 Å². The van der Waals surface area contributed by atoms with Gasteiger partial charge in [0.15, 0.2) is 0 Å². The Labute approximate surface area is 168 Å². The molecule has 2 aromatic carbocycles. The van der Waals surface area contributed by atoms with Crippen LogP contribution in [0.1, 0.15) is 16.0 Å². The highest BCUT2D eigenvalue weighted by molar-refractivity contribution is 7.20. The topological polar surface area (TPSA) is 55.0 Å². The lowest BCUT2D eigenvalue weighted by Gasteiger charge is -2.15. The van der Waals surface area contributed by atoms with Gasteiger partial charge in [-0.1, -0.05) is 36.4 Å². The molecular weight excluding hydrogens is 364 g/mol. The van der Waals surface area contributed by atoms with Crippen LogP contribution in [0.3, 0.4) is 0 Å². The van der Waals surface area contributed by atoms with Gasteiger partial charge in [0.05, 0.1) is 5.69 Å². The van der Waals surface area contributed by atoms with Gasteiger partial charge in [0, 0.05) is 28.2 Å². The fraction of sp³-hybridized carbons (Fsp3) is 0.130. The highest BCUT2D eigenvalue weighted by atomic mass is 32.1. The van der Waals surface area contributed by atoms with Crippen LogP contribution in [0.15, 0.2) is 66.7 Å². The van der Waals surface area contributed by atoms with Crippen LogP contribution in [-0.4, -0.2) is 28.7 Å². The number of hydrogen-bond acceptors (Lipinski definition) is 5. The third kappa shape index (κ3) is 3.09. The number of fused-ring (bicyclic) bond motifs is 2. The van der Waals surface area contributed by atoms with Crippen molar-refractivity contribution in [1.29, 1.82) is 0 Å². The molecule has 0 unspecified atom stereocenters. The van der Waals surface area contributed by atoms with Gasteiger partial charge in [0.2, 0.25) is 0 Å². The van der Waals surface area contributed by atoms with E-state index in [0.717, 1.165) is 24.3 Å². The Balaban J connectivity index is 1.62. The van der Waals surface area contributed by atoms with Crippen molar-refractivity contribution in [3.8, 4) is 11.3 Å². The average molecular weight is 385 g/mol. The van der Waals surface area contributed by atoms with Gasteiger partial charge < -0.3 is 5.73 Å². The minimum Gasteiger partial charge on any atom is -0.382 e. The molecule has 4 aromatic rings. The summed E-state index contributed by atoms with van der Waals surface area (Å²) in [6.45, 7) is 1.83. The first-order valence-corrected chi connectivity index (χ1v) is 10.1. The maximum absolute atomic E-state index is 5.68. The summed E-state index contributed by atoms with van der Waals surface area (Å²) >= 11 is 1.86. The molecule has 5 heteroatoms. The number of aromatic nitrogens is 2. The molecule has 0 atom stereocenters. The molecule has 0 aliphatic carbocycles. The summed E-state index contributed by atoms with van der Waals surface area (Å²) in [5.41, 5.74) is 11.5. The van der Waals surface area contributed by atoms with Crippen molar-refractivity contribution in [3.05, 3.63) is 82.7 Å². The third-order valence-corrected chi connectivity index (χ3v) is 6.26. The minimum atomic E-state index is 0.438. The predicted molar refractivity (Wildman–Crippen MR) is 117 cm³/mol. The van der Waals surface area contributed by atoms with Gasteiger partial charge in [-0.3, -0.25) is 4.90 Å². The van der Waals surface area contributed by atoms with Gasteiger partial charge in [-0.2, -0.15) is 0 Å². The largest absolute Gasteiger partial charge is 0.382 e. The van der Waals surface area contributed by atoms with Crippen molar-refractivity contribution >= 4 is 32.8 Å². The van der Waals surface area contributed by atoms with Gasteiger partial charge >= 0.3 is 0 Å². The first-order valence-electron chi connectivity index (χ1n) is 9.28. The first kappa shape index (κ1) is 17.1. The van der Waals surface area contributed by atoms with E-state index >= 15 is 0 Å². The fourth-order valence-corrected chi connectivity index (χ4v) is 4.82. The summed E-state index contributed by atoms with van der Waals surface area (Å²) in [5, 5.41) is 9.54. The average Bonchev–Trinajstić information content (AvgIpc) is 3.06. The predicted octanol–water partition coefficient (Wildman–Crippen LogP) is 4.82. The van der Waals surface area contributed by atoms with Gasteiger partial charge in [-0.15, -0.1) is 21.5 Å². The van der Waals surface area contributed by atoms with E-state index in [1.54, 1.807) is 6.07 Å². The van der Waals surface area contributed by atoms with Crippen LogP contribution in [0.4, 0.5) is 5.82 Å². The lowest BCUT2D eigenvalue weighted by molar-refractivity contribution is 0.366. The number of nitrogens with two attached hydrogens (primary N) is 1. The van der Waals surface area contributed by atoms with Gasteiger partial charge in [-0.05, 0) is 59.5 Å². The van der Waals surface area contributed by atoms with Crippen molar-refractivity contribution in [1.82, 2.24) is 15.1 Å². The van der Waals surface area contributed by atoms with E-state index in [0.29, 0.717) is 5.82 Å². The standard InChI is InChI=1S/C23H20N4S/c1-27-11-10-19(22-13-16-4-2-3-5-21(16)28-22)18-7-6-15(12-17(18)14-27)20-8-9-23(24)26-25-20/h2-10,12-13H,11,14H2,1H3,(H2,24,26). The zero-order valence-electron chi connectivity index (χ0n) is 15.6. The molecule has 2 aromatic heterocycles. The molecule has 0 amide bonds. The van der Waals surface area contributed by atoms with E-state index in [2.05, 4.69) is 76.8 Å². The number of thiophene rings is 1. The summed E-state index contributed by atoms with van der Waals surface area (Å²) < 4.78 is 1.33. The van der Waals surface area contributed by atoms with Crippen molar-refractivity contribution in [2.24, 2.45) is 0 Å². The zero-order chi connectivity index (χ0) is 19.1. The highest BCUT2D eigenvalue weighted by Gasteiger charge is 2.18. The molecule has 1 aliphatic rings. The number of hydrogen-bond donors (Lipinski definition) is 1. The van der Waals surface area contributed by atoms with Crippen molar-refractivity contribution in [3.63, 3.8) is 0 Å². The van der Waals surface area contributed by atoms with Crippen LogP contribution in [0.5, 0.6) is 0 Å². The van der Waals surface area contributed by atoms with Crippen molar-refractivity contribution < 1.29 is 0 Å². The monoisotopic (exact) mass is 384 g/mol. The first-order chi connectivity index (χ1) is 13.7. The highest BCUT2D eigenvalue weighted by Crippen LogP contribution is 2.37. The second-order valence-corrected chi connectivity index (χ2v) is 8.26. The Morgan fingerprint density at radius 3 is 2.71 bits per heavy atom. The van der Waals surface area contributed by atoms with Crippen LogP contribution in [0, 0.1) is 0 Å². The van der Waals surface area contributed by atoms with E-state index in [-0.39, 0.29) is 0 Å². The lowest BCUT2D eigenvalue weighted by Crippen LogP contribution is -2.16. The van der Waals surface area contributed by atoms with E-state index in [1.165, 1.54) is 31.7 Å². The van der Waals surface area contributed by atoms with E-state index in [1.807, 2.05) is 17.4 Å². The van der Waals surface area contributed by atoms with Gasteiger partial charge in [0.1, 0.15) is 5.82 Å². The molecule has 1 aliphatic heterocycles. The molecule has 0 bridgehead atoms. The number of nitrogens with zero attached hydrogens (tertiary/aromatic N) is 3. The Morgan fingerprint density at radius 1 is 1.00 bits per heavy atom. The van der Waals surface area contributed by atoms with Gasteiger partial charge in [0.25, 0.3) is 0 Å². The molecule has 0 radical (unpaired) electrons. The molecule has 5 rings (SSSR count). The Bertz CT molecular complexity index is 1160. The number of anilines is 1. The smallest absolute Gasteiger partial charge is 0.146 e. The number of rotatable bonds is 2. The summed E-state index contributed by atoms with van der Waals surface area (Å²) in [5.74, 6) is 0.438. The zero-order valence-corrected chi connectivity index (χ0v) is 16.4. The number of likely N-dealkylation sites (N-methyl/N-ethyl adjacent to an activating group) is 1. The normalized spacial score (nSPS) is 14.5. The van der Waals surface area contributed by atoms with Crippen LogP contribution < -0.4 is 5.73 Å². The molecule has 138 valence electrons. The minimum absolute atomic E-state index is 0.438. The quantitative estimate of drug-likeness (QED) is 0.538. The summed E-state index contributed by atoms with van der Waals surface area (Å²) in [7, 11) is 2.16. The van der Waals surface area contributed by atoms with E-state index in [9.17, 15) is 0 Å². The SMILES string of the molecule is CN1CC=C(c2cc3ccccc3s2)c2ccc(-c3ccc(N)nn3)cc2C1. The molecule has 0 spiro atoms. The Morgan fingerprint density at radius 2 is 1.89 bits per heavy atom. The van der Waals surface area contributed by atoms with E-state index in [4.69, 9.17) is 5.73 Å². The number of nitrogen functional groups attached to an aromatic ring is 1. The van der Waals surface area contributed by atoms with E-state index < -0.39 is 0 Å². The maximum atomic E-state index is 5.68. The maximum Gasteiger partial charge on any atom is 0.146 e. The van der Waals surface area contributed by atoms with Crippen LogP contribution >= 0.6 is 11.3 Å². The molecule has 3 heterocycles. The van der Waals surface area contributed by atoms with Crippen molar-refractivity contribution in [2.45, 2.75) is 6.54 Å². The second kappa shape index (κ2) is 6.86. The molecule has 2 N–H and O–H groups in total. The second-order valence-electron chi connectivity index (χ2n) is 7.18. The molecule has 0 fully saturated rings. The summed E-state index contributed by atoms with van der Waals surface area (Å²) in [4.78, 5) is 3.65. The molecular formula is C23H20N4S. The Hall–Kier alpha value is -3.02. The molecule has 4 nitrogen and oxygen atoms in total. The summed E-state index contributed by atoms with van der Waals surface area (Å²) in [6, 6.07) is 21.2. The fourth-order valence-electron chi connectivity index (χ4n) is 3.70. The molecule has 28 heavy (non-hydrogen) atoms. The molecule has 0 saturated heterocycles. The third-order valence-electron chi connectivity index (χ3n) is 5.11. The Kier molecular flexibility index (Phi) is 4.19.